The van der Waals surface area contributed by atoms with E-state index in [2.05, 4.69) is 4.74 Å². The highest BCUT2D eigenvalue weighted by atomic mass is 16.5. The molecule has 0 saturated carbocycles. The Hall–Kier alpha value is -1.22. The SMILES string of the molecule is [2H]C([2H])([2H])Oc1ccc(CCN)cc1O. The molecule has 12 heavy (non-hydrogen) atoms. The number of methoxy groups -OCH3 is 1. The zero-order valence-electron chi connectivity index (χ0n) is 9.58. The monoisotopic (exact) mass is 170 g/mol. The van der Waals surface area contributed by atoms with E-state index in [1.807, 2.05) is 0 Å². The normalized spacial score (nSPS) is 14.6. The van der Waals surface area contributed by atoms with Crippen molar-refractivity contribution >= 4 is 0 Å². The molecular weight excluding hydrogens is 154 g/mol. The summed E-state index contributed by atoms with van der Waals surface area (Å²) < 4.78 is 25.2. The first-order valence-electron chi connectivity index (χ1n) is 5.13. The third-order valence-electron chi connectivity index (χ3n) is 1.57. The predicted octanol–water partition coefficient (Wildman–Crippen LogP) is 0.902. The Morgan fingerprint density at radius 1 is 1.67 bits per heavy atom. The molecule has 0 aliphatic carbocycles. The maximum Gasteiger partial charge on any atom is 0.160 e. The van der Waals surface area contributed by atoms with Gasteiger partial charge in [-0.2, -0.15) is 0 Å². The van der Waals surface area contributed by atoms with Gasteiger partial charge in [0.05, 0.1) is 11.2 Å². The molecule has 0 heterocycles. The van der Waals surface area contributed by atoms with Crippen molar-refractivity contribution in [2.45, 2.75) is 6.42 Å². The van der Waals surface area contributed by atoms with E-state index >= 15 is 0 Å². The molecule has 0 fully saturated rings. The van der Waals surface area contributed by atoms with Crippen LogP contribution in [0.25, 0.3) is 0 Å². The van der Waals surface area contributed by atoms with Crippen LogP contribution in [0.15, 0.2) is 18.2 Å². The molecule has 0 aliphatic rings. The Bertz CT molecular complexity index is 339. The average molecular weight is 170 g/mol. The third kappa shape index (κ3) is 1.89. The van der Waals surface area contributed by atoms with E-state index in [9.17, 15) is 5.11 Å². The molecule has 0 radical (unpaired) electrons. The fourth-order valence-corrected chi connectivity index (χ4v) is 0.971. The maximum absolute atomic E-state index is 9.47. The number of ether oxygens (including phenoxy) is 1. The van der Waals surface area contributed by atoms with Crippen molar-refractivity contribution in [3.05, 3.63) is 23.8 Å². The van der Waals surface area contributed by atoms with E-state index in [0.717, 1.165) is 5.56 Å². The fraction of sp³-hybridized carbons (Fsp3) is 0.333. The van der Waals surface area contributed by atoms with E-state index in [4.69, 9.17) is 9.85 Å². The van der Waals surface area contributed by atoms with Crippen LogP contribution in [-0.4, -0.2) is 18.7 Å². The molecule has 3 N–H and O–H groups in total. The summed E-state index contributed by atoms with van der Waals surface area (Å²) >= 11 is 0. The first-order valence-corrected chi connectivity index (χ1v) is 3.63. The van der Waals surface area contributed by atoms with E-state index < -0.39 is 7.04 Å². The average Bonchev–Trinajstić information content (AvgIpc) is 2.08. The van der Waals surface area contributed by atoms with Gasteiger partial charge in [0.25, 0.3) is 0 Å². The number of rotatable bonds is 3. The second kappa shape index (κ2) is 3.97. The van der Waals surface area contributed by atoms with Crippen molar-refractivity contribution in [2.75, 3.05) is 13.6 Å². The van der Waals surface area contributed by atoms with Crippen LogP contribution in [0.4, 0.5) is 0 Å². The quantitative estimate of drug-likeness (QED) is 0.708. The smallest absolute Gasteiger partial charge is 0.160 e. The molecule has 1 aromatic carbocycles. The van der Waals surface area contributed by atoms with E-state index in [-0.39, 0.29) is 11.5 Å². The van der Waals surface area contributed by atoms with Crippen LogP contribution < -0.4 is 10.5 Å². The molecular formula is C9H13NO2. The van der Waals surface area contributed by atoms with Gasteiger partial charge in [0.15, 0.2) is 11.5 Å². The molecule has 0 amide bonds. The van der Waals surface area contributed by atoms with Gasteiger partial charge in [-0.05, 0) is 30.7 Å². The Morgan fingerprint density at radius 3 is 3.08 bits per heavy atom. The van der Waals surface area contributed by atoms with Crippen LogP contribution in [0.5, 0.6) is 11.5 Å². The van der Waals surface area contributed by atoms with Gasteiger partial charge in [-0.1, -0.05) is 6.07 Å². The van der Waals surface area contributed by atoms with Gasteiger partial charge in [-0.3, -0.25) is 0 Å². The van der Waals surface area contributed by atoms with Gasteiger partial charge < -0.3 is 15.6 Å². The summed E-state index contributed by atoms with van der Waals surface area (Å²) in [6.45, 7) is 0.471. The molecule has 0 aliphatic heterocycles. The molecule has 0 spiro atoms. The molecule has 0 unspecified atom stereocenters. The van der Waals surface area contributed by atoms with Gasteiger partial charge in [0.2, 0.25) is 0 Å². The van der Waals surface area contributed by atoms with Crippen molar-refractivity contribution in [2.24, 2.45) is 5.73 Å². The first-order chi connectivity index (χ1) is 6.92. The summed E-state index contributed by atoms with van der Waals surface area (Å²) in [5.74, 6) is -0.229. The largest absolute Gasteiger partial charge is 0.504 e. The zero-order chi connectivity index (χ0) is 11.5. The third-order valence-corrected chi connectivity index (χ3v) is 1.57. The van der Waals surface area contributed by atoms with E-state index in [1.54, 1.807) is 6.07 Å². The molecule has 1 rings (SSSR count). The molecule has 3 heteroatoms. The van der Waals surface area contributed by atoms with E-state index in [0.29, 0.717) is 13.0 Å². The highest BCUT2D eigenvalue weighted by Gasteiger charge is 2.00. The summed E-state index contributed by atoms with van der Waals surface area (Å²) in [6.07, 6.45) is 0.627. The molecule has 3 nitrogen and oxygen atoms in total. The number of aromatic hydroxyl groups is 1. The van der Waals surface area contributed by atoms with Crippen LogP contribution >= 0.6 is 0 Å². The number of benzene rings is 1. The molecule has 0 bridgehead atoms. The molecule has 0 atom stereocenters. The van der Waals surface area contributed by atoms with E-state index in [1.165, 1.54) is 12.1 Å². The number of phenolic OH excluding ortho intramolecular Hbond substituents is 1. The lowest BCUT2D eigenvalue weighted by Crippen LogP contribution is -2.02. The van der Waals surface area contributed by atoms with Crippen LogP contribution in [0, 0.1) is 0 Å². The van der Waals surface area contributed by atoms with Gasteiger partial charge in [0.1, 0.15) is 0 Å². The number of hydrogen-bond donors (Lipinski definition) is 2. The van der Waals surface area contributed by atoms with Gasteiger partial charge in [-0.25, -0.2) is 0 Å². The summed E-state index contributed by atoms with van der Waals surface area (Å²) in [7, 11) is -2.55. The number of hydrogen-bond acceptors (Lipinski definition) is 3. The molecule has 1 aromatic rings. The lowest BCUT2D eigenvalue weighted by atomic mass is 10.1. The lowest BCUT2D eigenvalue weighted by molar-refractivity contribution is 0.373. The standard InChI is InChI=1S/C9H13NO2/c1-12-9-3-2-7(4-5-10)6-8(9)11/h2-3,6,11H,4-5,10H2,1H3/i1D3. The van der Waals surface area contributed by atoms with Crippen molar-refractivity contribution in [1.82, 2.24) is 0 Å². The van der Waals surface area contributed by atoms with Crippen LogP contribution in [0.3, 0.4) is 0 Å². The second-order valence-corrected chi connectivity index (χ2v) is 2.44. The Labute approximate surface area is 76.0 Å². The second-order valence-electron chi connectivity index (χ2n) is 2.44. The predicted molar refractivity (Wildman–Crippen MR) is 47.4 cm³/mol. The Morgan fingerprint density at radius 2 is 2.50 bits per heavy atom. The zero-order valence-corrected chi connectivity index (χ0v) is 6.58. The minimum Gasteiger partial charge on any atom is -0.504 e. The highest BCUT2D eigenvalue weighted by Crippen LogP contribution is 2.26. The number of nitrogens with two attached hydrogens (primary N) is 1. The molecule has 0 saturated heterocycles. The Balaban J connectivity index is 2.84. The first kappa shape index (κ1) is 5.43. The van der Waals surface area contributed by atoms with Crippen LogP contribution in [0.1, 0.15) is 9.68 Å². The summed E-state index contributed by atoms with van der Waals surface area (Å²) in [4.78, 5) is 0. The van der Waals surface area contributed by atoms with Gasteiger partial charge in [0, 0.05) is 0 Å². The van der Waals surface area contributed by atoms with Crippen molar-refractivity contribution in [1.29, 1.82) is 0 Å². The Kier molecular flexibility index (Phi) is 1.80. The van der Waals surface area contributed by atoms with Crippen LogP contribution in [-0.2, 0) is 6.42 Å². The fourth-order valence-electron chi connectivity index (χ4n) is 0.971. The topological polar surface area (TPSA) is 55.5 Å². The molecule has 66 valence electrons. The van der Waals surface area contributed by atoms with Gasteiger partial charge >= 0.3 is 0 Å². The summed E-state index contributed by atoms with van der Waals surface area (Å²) in [5.41, 5.74) is 6.19. The highest BCUT2D eigenvalue weighted by molar-refractivity contribution is 5.41. The van der Waals surface area contributed by atoms with Crippen molar-refractivity contribution in [3.63, 3.8) is 0 Å². The molecule has 0 aromatic heterocycles. The maximum atomic E-state index is 9.47. The van der Waals surface area contributed by atoms with Crippen molar-refractivity contribution in [3.8, 4) is 11.5 Å². The lowest BCUT2D eigenvalue weighted by Gasteiger charge is -2.04. The summed E-state index contributed by atoms with van der Waals surface area (Å²) in [5, 5.41) is 9.47. The number of phenols is 1. The van der Waals surface area contributed by atoms with Crippen LogP contribution in [0.2, 0.25) is 0 Å². The minimum atomic E-state index is -2.55. The van der Waals surface area contributed by atoms with Crippen molar-refractivity contribution < 1.29 is 14.0 Å². The van der Waals surface area contributed by atoms with Gasteiger partial charge in [-0.15, -0.1) is 0 Å². The minimum absolute atomic E-state index is 0.0456. The summed E-state index contributed by atoms with van der Waals surface area (Å²) in [6, 6.07) is 4.55.